The Kier molecular flexibility index (Phi) is 3.78. The minimum atomic E-state index is -1.07. The van der Waals surface area contributed by atoms with Crippen LogP contribution in [0.4, 0.5) is 0 Å². The molecule has 0 aliphatic heterocycles. The van der Waals surface area contributed by atoms with Gasteiger partial charge < -0.3 is 10.9 Å². The molecule has 0 unspecified atom stereocenters. The maximum Gasteiger partial charge on any atom is 0.331 e. The van der Waals surface area contributed by atoms with E-state index in [1.165, 1.54) is 0 Å². The van der Waals surface area contributed by atoms with Crippen LogP contribution in [0.5, 0.6) is 0 Å². The summed E-state index contributed by atoms with van der Waals surface area (Å²) in [5.41, 5.74) is 0. The third-order valence-electron chi connectivity index (χ3n) is 0.664. The van der Waals surface area contributed by atoms with Crippen molar-refractivity contribution in [2.45, 2.75) is 6.04 Å². The summed E-state index contributed by atoms with van der Waals surface area (Å²) in [6.45, 7) is 0. The van der Waals surface area contributed by atoms with Gasteiger partial charge in [0.1, 0.15) is 0 Å². The standard InChI is InChI=1S/C3H7N3O2S/c4-6-5-2(1-9)3(7)8/h2,9H,1H2,(H2,4,5)(H,7,8)/t2-/m0/s1. The van der Waals surface area contributed by atoms with Crippen molar-refractivity contribution in [2.24, 2.45) is 16.2 Å². The molecule has 9 heavy (non-hydrogen) atoms. The molecule has 5 nitrogen and oxygen atoms in total. The van der Waals surface area contributed by atoms with E-state index in [2.05, 4.69) is 28.8 Å². The Morgan fingerprint density at radius 1 is 1.89 bits per heavy atom. The van der Waals surface area contributed by atoms with Crippen molar-refractivity contribution < 1.29 is 9.90 Å². The second-order valence-electron chi connectivity index (χ2n) is 1.27. The first-order valence-electron chi connectivity index (χ1n) is 2.16. The summed E-state index contributed by atoms with van der Waals surface area (Å²) in [7, 11) is 0. The molecule has 0 aromatic rings. The lowest BCUT2D eigenvalue weighted by Gasteiger charge is -1.97. The van der Waals surface area contributed by atoms with Gasteiger partial charge in [-0.15, -0.1) is 0 Å². The minimum Gasteiger partial charge on any atom is -0.480 e. The highest BCUT2D eigenvalue weighted by molar-refractivity contribution is 7.80. The van der Waals surface area contributed by atoms with E-state index in [1.54, 1.807) is 0 Å². The van der Waals surface area contributed by atoms with Gasteiger partial charge in [0.2, 0.25) is 0 Å². The van der Waals surface area contributed by atoms with Gasteiger partial charge in [0.25, 0.3) is 0 Å². The minimum absolute atomic E-state index is 0.107. The molecule has 0 aromatic heterocycles. The molecule has 0 rings (SSSR count). The molecule has 52 valence electrons. The first-order chi connectivity index (χ1) is 4.22. The molecule has 0 aliphatic rings. The Labute approximate surface area is 57.3 Å². The van der Waals surface area contributed by atoms with E-state index in [9.17, 15) is 4.79 Å². The van der Waals surface area contributed by atoms with Crippen molar-refractivity contribution in [2.75, 3.05) is 5.75 Å². The predicted octanol–water partition coefficient (Wildman–Crippen LogP) is -0.305. The largest absolute Gasteiger partial charge is 0.480 e. The number of hydrogen-bond donors (Lipinski definition) is 3. The zero-order valence-electron chi connectivity index (χ0n) is 4.56. The highest BCUT2D eigenvalue weighted by atomic mass is 32.1. The number of hydrogen-bond acceptors (Lipinski definition) is 4. The Morgan fingerprint density at radius 3 is 2.56 bits per heavy atom. The first-order valence-corrected chi connectivity index (χ1v) is 2.79. The van der Waals surface area contributed by atoms with Gasteiger partial charge in [-0.25, -0.2) is 4.79 Å². The van der Waals surface area contributed by atoms with Gasteiger partial charge in [-0.1, -0.05) is 5.22 Å². The number of carboxylic acids is 1. The zero-order valence-corrected chi connectivity index (χ0v) is 5.45. The van der Waals surface area contributed by atoms with Gasteiger partial charge in [-0.3, -0.25) is 0 Å². The molecule has 0 amide bonds. The quantitative estimate of drug-likeness (QED) is 0.223. The molecule has 0 heterocycles. The lowest BCUT2D eigenvalue weighted by atomic mass is 10.4. The maximum atomic E-state index is 10.1. The molecule has 0 bridgehead atoms. The van der Waals surface area contributed by atoms with Crippen LogP contribution in [-0.4, -0.2) is 22.9 Å². The number of carboxylic acid groups (broad SMARTS) is 1. The van der Waals surface area contributed by atoms with Crippen molar-refractivity contribution in [3.8, 4) is 0 Å². The normalized spacial score (nSPS) is 13.9. The molecule has 0 saturated heterocycles. The monoisotopic (exact) mass is 149 g/mol. The fraction of sp³-hybridized carbons (Fsp3) is 0.667. The van der Waals surface area contributed by atoms with Gasteiger partial charge in [-0.05, 0) is 0 Å². The zero-order chi connectivity index (χ0) is 7.28. The summed E-state index contributed by atoms with van der Waals surface area (Å²) in [4.78, 5) is 10.1. The fourth-order valence-corrected chi connectivity index (χ4v) is 0.474. The lowest BCUT2D eigenvalue weighted by Crippen LogP contribution is -2.19. The summed E-state index contributed by atoms with van der Waals surface area (Å²) in [5, 5.41) is 14.2. The molecule has 0 fully saturated rings. The molecular formula is C3H7N3O2S. The average molecular weight is 149 g/mol. The lowest BCUT2D eigenvalue weighted by molar-refractivity contribution is -0.138. The van der Waals surface area contributed by atoms with Gasteiger partial charge in [0, 0.05) is 5.75 Å². The Balaban J connectivity index is 3.83. The molecule has 0 aliphatic carbocycles. The number of thiol groups is 1. The summed E-state index contributed by atoms with van der Waals surface area (Å²) in [6, 6.07) is -0.918. The third-order valence-corrected chi connectivity index (χ3v) is 1.01. The van der Waals surface area contributed by atoms with E-state index in [0.717, 1.165) is 0 Å². The highest BCUT2D eigenvalue weighted by Crippen LogP contribution is 1.93. The van der Waals surface area contributed by atoms with Gasteiger partial charge in [-0.2, -0.15) is 17.7 Å². The summed E-state index contributed by atoms with van der Waals surface area (Å²) < 4.78 is 0. The Bertz CT molecular complexity index is 126. The number of rotatable bonds is 3. The van der Waals surface area contributed by atoms with Crippen LogP contribution in [0.25, 0.3) is 0 Å². The van der Waals surface area contributed by atoms with Crippen LogP contribution in [-0.2, 0) is 4.79 Å². The molecule has 0 aromatic carbocycles. The smallest absolute Gasteiger partial charge is 0.331 e. The van der Waals surface area contributed by atoms with E-state index in [-0.39, 0.29) is 5.75 Å². The van der Waals surface area contributed by atoms with Gasteiger partial charge in [0.05, 0.1) is 0 Å². The molecule has 0 spiro atoms. The van der Waals surface area contributed by atoms with Crippen LogP contribution in [0.3, 0.4) is 0 Å². The van der Waals surface area contributed by atoms with E-state index in [1.807, 2.05) is 0 Å². The van der Waals surface area contributed by atoms with Crippen LogP contribution >= 0.6 is 12.6 Å². The average Bonchev–Trinajstić information content (AvgIpc) is 1.82. The molecule has 6 heteroatoms. The Morgan fingerprint density at radius 2 is 2.44 bits per heavy atom. The summed E-state index contributed by atoms with van der Waals surface area (Å²) >= 11 is 3.70. The van der Waals surface area contributed by atoms with E-state index in [4.69, 9.17) is 5.11 Å². The van der Waals surface area contributed by atoms with Crippen molar-refractivity contribution in [3.63, 3.8) is 0 Å². The predicted molar refractivity (Wildman–Crippen MR) is 34.3 cm³/mol. The summed E-state index contributed by atoms with van der Waals surface area (Å²) in [5.74, 6) is 3.64. The van der Waals surface area contributed by atoms with Gasteiger partial charge >= 0.3 is 5.97 Å². The van der Waals surface area contributed by atoms with Crippen molar-refractivity contribution in [1.82, 2.24) is 0 Å². The van der Waals surface area contributed by atoms with Crippen molar-refractivity contribution in [3.05, 3.63) is 0 Å². The second-order valence-corrected chi connectivity index (χ2v) is 1.63. The number of nitrogens with zero attached hydrogens (tertiary/aromatic N) is 2. The number of carbonyl (C=O) groups is 1. The van der Waals surface area contributed by atoms with Crippen LogP contribution in [0.15, 0.2) is 10.3 Å². The molecule has 1 atom stereocenters. The molecule has 0 radical (unpaired) electrons. The Hall–Kier alpha value is -0.780. The number of nitrogens with two attached hydrogens (primary N) is 1. The first kappa shape index (κ1) is 8.22. The van der Waals surface area contributed by atoms with E-state index < -0.39 is 12.0 Å². The van der Waals surface area contributed by atoms with Crippen molar-refractivity contribution >= 4 is 18.6 Å². The SMILES string of the molecule is NN=N[C@@H](CS)C(=O)O. The van der Waals surface area contributed by atoms with Crippen LogP contribution < -0.4 is 5.84 Å². The van der Waals surface area contributed by atoms with Crippen LogP contribution in [0.2, 0.25) is 0 Å². The van der Waals surface area contributed by atoms with Crippen molar-refractivity contribution in [1.29, 1.82) is 0 Å². The van der Waals surface area contributed by atoms with Crippen LogP contribution in [0, 0.1) is 0 Å². The molecule has 3 N–H and O–H groups in total. The third kappa shape index (κ3) is 2.91. The number of aliphatic carboxylic acids is 1. The molecular weight excluding hydrogens is 142 g/mol. The maximum absolute atomic E-state index is 10.1. The summed E-state index contributed by atoms with van der Waals surface area (Å²) in [6.07, 6.45) is 0. The fourth-order valence-electron chi connectivity index (χ4n) is 0.244. The van der Waals surface area contributed by atoms with E-state index in [0.29, 0.717) is 0 Å². The van der Waals surface area contributed by atoms with E-state index >= 15 is 0 Å². The highest BCUT2D eigenvalue weighted by Gasteiger charge is 2.12. The molecule has 0 saturated carbocycles. The van der Waals surface area contributed by atoms with Gasteiger partial charge in [0.15, 0.2) is 6.04 Å². The van der Waals surface area contributed by atoms with Crippen LogP contribution in [0.1, 0.15) is 0 Å². The second kappa shape index (κ2) is 4.13. The topological polar surface area (TPSA) is 88.0 Å².